The lowest BCUT2D eigenvalue weighted by molar-refractivity contribution is -0.330. The normalized spacial score (nSPS) is 37.0. The third-order valence-corrected chi connectivity index (χ3v) is 6.05. The summed E-state index contributed by atoms with van der Waals surface area (Å²) in [7, 11) is 0. The van der Waals surface area contributed by atoms with E-state index in [0.717, 1.165) is 24.8 Å². The van der Waals surface area contributed by atoms with Crippen molar-refractivity contribution in [1.82, 2.24) is 10.2 Å². The van der Waals surface area contributed by atoms with E-state index in [9.17, 15) is 14.7 Å². The smallest absolute Gasteiger partial charge is 0.337 e. The Morgan fingerprint density at radius 1 is 1.25 bits per heavy atom. The molecule has 1 aromatic rings. The van der Waals surface area contributed by atoms with E-state index in [1.54, 1.807) is 6.08 Å². The number of benzene rings is 1. The van der Waals surface area contributed by atoms with Gasteiger partial charge in [-0.1, -0.05) is 55.8 Å². The first kappa shape index (κ1) is 18.9. The number of nitrogens with zero attached hydrogens (tertiary/aromatic N) is 1. The van der Waals surface area contributed by atoms with Gasteiger partial charge in [0.1, 0.15) is 5.70 Å². The Bertz CT molecular complexity index is 834. The van der Waals surface area contributed by atoms with Gasteiger partial charge in [0, 0.05) is 12.0 Å². The number of nitrogens with one attached hydrogen (secondary N) is 1. The summed E-state index contributed by atoms with van der Waals surface area (Å²) in [6.45, 7) is 3.96. The fourth-order valence-corrected chi connectivity index (χ4v) is 4.79. The van der Waals surface area contributed by atoms with E-state index in [1.165, 1.54) is 4.90 Å². The maximum atomic E-state index is 13.4. The van der Waals surface area contributed by atoms with Gasteiger partial charge in [-0.05, 0) is 37.3 Å². The standard InChI is InChI=1S/C22H26N2O4/c1-3-8-18-16-12-7-9-14(2)19(16)24-20(25)17(13-15-10-5-4-6-11-15)23-21(26)22(24,27)28-18/h3-6,8,10-11,13-14,16,18-19,27H,7,9,12H2,1-2H3,(H,23,26)/b8-3+,17-13-/t14-,16+,18+,19+,22?/m1/s1. The van der Waals surface area contributed by atoms with E-state index in [1.807, 2.05) is 49.4 Å². The van der Waals surface area contributed by atoms with Crippen LogP contribution in [0.5, 0.6) is 0 Å². The van der Waals surface area contributed by atoms with E-state index in [2.05, 4.69) is 12.2 Å². The molecule has 3 fully saturated rings. The molecule has 3 aliphatic rings. The molecule has 0 bridgehead atoms. The van der Waals surface area contributed by atoms with Crippen LogP contribution in [-0.4, -0.2) is 39.9 Å². The zero-order valence-corrected chi connectivity index (χ0v) is 16.2. The molecule has 5 atom stereocenters. The summed E-state index contributed by atoms with van der Waals surface area (Å²) < 4.78 is 5.85. The number of aliphatic hydroxyl groups is 1. The molecule has 4 rings (SSSR count). The van der Waals surface area contributed by atoms with E-state index in [-0.39, 0.29) is 23.6 Å². The fourth-order valence-electron chi connectivity index (χ4n) is 4.79. The van der Waals surface area contributed by atoms with Gasteiger partial charge >= 0.3 is 11.8 Å². The topological polar surface area (TPSA) is 78.9 Å². The van der Waals surface area contributed by atoms with Crippen LogP contribution in [0, 0.1) is 11.8 Å². The van der Waals surface area contributed by atoms with Crippen LogP contribution in [0.3, 0.4) is 0 Å². The molecule has 28 heavy (non-hydrogen) atoms. The monoisotopic (exact) mass is 382 g/mol. The highest BCUT2D eigenvalue weighted by Crippen LogP contribution is 2.45. The van der Waals surface area contributed by atoms with E-state index >= 15 is 0 Å². The zero-order chi connectivity index (χ0) is 19.9. The maximum absolute atomic E-state index is 13.4. The Balaban J connectivity index is 1.77. The predicted molar refractivity (Wildman–Crippen MR) is 104 cm³/mol. The Kier molecular flexibility index (Phi) is 4.85. The first-order valence-electron chi connectivity index (χ1n) is 9.90. The van der Waals surface area contributed by atoms with Crippen molar-refractivity contribution in [3.8, 4) is 0 Å². The molecule has 1 aromatic carbocycles. The Labute approximate surface area is 164 Å². The van der Waals surface area contributed by atoms with Gasteiger partial charge in [0.25, 0.3) is 5.91 Å². The van der Waals surface area contributed by atoms with Crippen molar-refractivity contribution in [2.45, 2.75) is 51.2 Å². The number of carbonyl (C=O) groups excluding carboxylic acids is 2. The minimum Gasteiger partial charge on any atom is -0.341 e. The van der Waals surface area contributed by atoms with Crippen molar-refractivity contribution >= 4 is 17.9 Å². The van der Waals surface area contributed by atoms with Crippen molar-refractivity contribution < 1.29 is 19.4 Å². The molecular weight excluding hydrogens is 356 g/mol. The molecule has 0 spiro atoms. The number of hydrogen-bond donors (Lipinski definition) is 2. The molecule has 1 aliphatic carbocycles. The summed E-state index contributed by atoms with van der Waals surface area (Å²) in [5, 5.41) is 13.7. The first-order chi connectivity index (χ1) is 13.5. The lowest BCUT2D eigenvalue weighted by atomic mass is 9.72. The number of piperazine rings is 1. The van der Waals surface area contributed by atoms with E-state index in [4.69, 9.17) is 4.74 Å². The highest BCUT2D eigenvalue weighted by Gasteiger charge is 2.62. The van der Waals surface area contributed by atoms with Crippen molar-refractivity contribution in [3.05, 3.63) is 53.7 Å². The second-order valence-corrected chi connectivity index (χ2v) is 7.88. The summed E-state index contributed by atoms with van der Waals surface area (Å²) in [4.78, 5) is 27.5. The fraction of sp³-hybridized carbons (Fsp3) is 0.455. The van der Waals surface area contributed by atoms with E-state index < -0.39 is 23.8 Å². The molecule has 6 heteroatoms. The molecular formula is C22H26N2O4. The second-order valence-electron chi connectivity index (χ2n) is 7.88. The van der Waals surface area contributed by atoms with Crippen molar-refractivity contribution in [2.24, 2.45) is 11.8 Å². The molecule has 2 amide bonds. The second kappa shape index (κ2) is 7.18. The maximum Gasteiger partial charge on any atom is 0.337 e. The summed E-state index contributed by atoms with van der Waals surface area (Å²) in [5.74, 6) is -3.21. The zero-order valence-electron chi connectivity index (χ0n) is 16.2. The molecule has 1 unspecified atom stereocenters. The number of amides is 2. The molecule has 1 saturated carbocycles. The Hall–Kier alpha value is -2.44. The van der Waals surface area contributed by atoms with Crippen LogP contribution in [0.1, 0.15) is 38.7 Å². The summed E-state index contributed by atoms with van der Waals surface area (Å²) in [6.07, 6.45) is 7.85. The average molecular weight is 382 g/mol. The van der Waals surface area contributed by atoms with Crippen LogP contribution in [0.2, 0.25) is 0 Å². The quantitative estimate of drug-likeness (QED) is 0.608. The predicted octanol–water partition coefficient (Wildman–Crippen LogP) is 2.41. The van der Waals surface area contributed by atoms with Gasteiger partial charge in [0.15, 0.2) is 0 Å². The summed E-state index contributed by atoms with van der Waals surface area (Å²) in [5.41, 5.74) is 0.958. The number of fused-ring (bicyclic) bond motifs is 3. The molecule has 148 valence electrons. The lowest BCUT2D eigenvalue weighted by Crippen LogP contribution is -2.76. The van der Waals surface area contributed by atoms with Crippen molar-refractivity contribution in [1.29, 1.82) is 0 Å². The molecule has 2 heterocycles. The minimum atomic E-state index is -2.29. The Morgan fingerprint density at radius 2 is 2.00 bits per heavy atom. The Morgan fingerprint density at radius 3 is 2.71 bits per heavy atom. The number of ether oxygens (including phenoxy) is 1. The average Bonchev–Trinajstić information content (AvgIpc) is 2.68. The molecule has 2 N–H and O–H groups in total. The van der Waals surface area contributed by atoms with Crippen LogP contribution >= 0.6 is 0 Å². The van der Waals surface area contributed by atoms with Crippen LogP contribution in [0.25, 0.3) is 6.08 Å². The van der Waals surface area contributed by atoms with Crippen LogP contribution < -0.4 is 5.32 Å². The molecule has 2 aliphatic heterocycles. The number of allylic oxidation sites excluding steroid dienone is 1. The van der Waals surface area contributed by atoms with Gasteiger partial charge < -0.3 is 15.2 Å². The van der Waals surface area contributed by atoms with Gasteiger partial charge in [-0.15, -0.1) is 0 Å². The number of rotatable bonds is 2. The first-order valence-corrected chi connectivity index (χ1v) is 9.90. The van der Waals surface area contributed by atoms with Gasteiger partial charge in [0.2, 0.25) is 0 Å². The highest BCUT2D eigenvalue weighted by molar-refractivity contribution is 6.08. The largest absolute Gasteiger partial charge is 0.341 e. The highest BCUT2D eigenvalue weighted by atomic mass is 16.7. The molecule has 0 aromatic heterocycles. The van der Waals surface area contributed by atoms with Crippen molar-refractivity contribution in [3.63, 3.8) is 0 Å². The van der Waals surface area contributed by atoms with Crippen LogP contribution in [0.4, 0.5) is 0 Å². The van der Waals surface area contributed by atoms with Gasteiger partial charge in [0.05, 0.1) is 6.10 Å². The summed E-state index contributed by atoms with van der Waals surface area (Å²) >= 11 is 0. The number of hydrogen-bond acceptors (Lipinski definition) is 4. The van der Waals surface area contributed by atoms with Crippen LogP contribution in [0.15, 0.2) is 48.2 Å². The van der Waals surface area contributed by atoms with Gasteiger partial charge in [-0.25, -0.2) is 0 Å². The SMILES string of the molecule is C/C=C/[C@@H]1OC2(O)C(=O)N/C(=C\c3ccccc3)C(=O)N2[C@@H]2[C@H]1CCC[C@H]2C. The lowest BCUT2D eigenvalue weighted by Gasteiger charge is -2.57. The molecule has 0 radical (unpaired) electrons. The molecule has 6 nitrogen and oxygen atoms in total. The van der Waals surface area contributed by atoms with Crippen LogP contribution in [-0.2, 0) is 14.3 Å². The summed E-state index contributed by atoms with van der Waals surface area (Å²) in [6, 6.07) is 9.07. The van der Waals surface area contributed by atoms with Crippen molar-refractivity contribution in [2.75, 3.05) is 0 Å². The third-order valence-electron chi connectivity index (χ3n) is 6.05. The van der Waals surface area contributed by atoms with E-state index in [0.29, 0.717) is 0 Å². The van der Waals surface area contributed by atoms with Gasteiger partial charge in [-0.3, -0.25) is 14.5 Å². The minimum absolute atomic E-state index is 0.0491. The number of carbonyl (C=O) groups is 2. The van der Waals surface area contributed by atoms with Gasteiger partial charge in [-0.2, -0.15) is 0 Å². The third kappa shape index (κ3) is 2.97. The molecule has 2 saturated heterocycles.